The number of amides is 1. The van der Waals surface area contributed by atoms with E-state index in [-0.39, 0.29) is 5.91 Å². The number of carbonyl (C=O) groups excluding carboxylic acids is 1. The molecule has 3 rings (SSSR count). The highest BCUT2D eigenvalue weighted by atomic mass is 16.3. The summed E-state index contributed by atoms with van der Waals surface area (Å²) in [6, 6.07) is 12.2. The van der Waals surface area contributed by atoms with Gasteiger partial charge >= 0.3 is 0 Å². The molecule has 0 saturated heterocycles. The standard InChI is InChI=1S/C18H19NO2/c1-3-19(4-2)17(20)11-14-12-21-16-10-9-13-7-5-6-8-15(13)18(14)16/h5-10,12H,3-4,11H2,1-2H3. The molecule has 0 aliphatic rings. The molecular weight excluding hydrogens is 262 g/mol. The lowest BCUT2D eigenvalue weighted by Crippen LogP contribution is -2.31. The Morgan fingerprint density at radius 3 is 2.62 bits per heavy atom. The monoisotopic (exact) mass is 281 g/mol. The van der Waals surface area contributed by atoms with Crippen molar-refractivity contribution in [3.05, 3.63) is 48.2 Å². The predicted molar refractivity (Wildman–Crippen MR) is 85.4 cm³/mol. The Morgan fingerprint density at radius 2 is 1.86 bits per heavy atom. The molecule has 0 bridgehead atoms. The zero-order chi connectivity index (χ0) is 14.8. The molecule has 0 radical (unpaired) electrons. The first-order valence-corrected chi connectivity index (χ1v) is 7.40. The van der Waals surface area contributed by atoms with Gasteiger partial charge in [0, 0.05) is 24.0 Å². The van der Waals surface area contributed by atoms with Crippen LogP contribution in [0.15, 0.2) is 47.1 Å². The number of rotatable bonds is 4. The van der Waals surface area contributed by atoms with Crippen LogP contribution in [-0.4, -0.2) is 23.9 Å². The minimum atomic E-state index is 0.149. The molecule has 21 heavy (non-hydrogen) atoms. The minimum absolute atomic E-state index is 0.149. The summed E-state index contributed by atoms with van der Waals surface area (Å²) in [5, 5.41) is 3.38. The maximum absolute atomic E-state index is 12.3. The van der Waals surface area contributed by atoms with Crippen molar-refractivity contribution in [3.63, 3.8) is 0 Å². The molecular formula is C18H19NO2. The van der Waals surface area contributed by atoms with Crippen LogP contribution >= 0.6 is 0 Å². The second-order valence-corrected chi connectivity index (χ2v) is 5.16. The SMILES string of the molecule is CCN(CC)C(=O)Cc1coc2ccc3ccccc3c12. The molecule has 0 aliphatic heterocycles. The summed E-state index contributed by atoms with van der Waals surface area (Å²) in [6.07, 6.45) is 2.11. The molecule has 0 atom stereocenters. The lowest BCUT2D eigenvalue weighted by molar-refractivity contribution is -0.130. The van der Waals surface area contributed by atoms with Crippen LogP contribution in [0, 0.1) is 0 Å². The average Bonchev–Trinajstić information content (AvgIpc) is 2.92. The van der Waals surface area contributed by atoms with Gasteiger partial charge in [-0.05, 0) is 30.7 Å². The normalized spacial score (nSPS) is 11.1. The summed E-state index contributed by atoms with van der Waals surface area (Å²) in [6.45, 7) is 5.49. The summed E-state index contributed by atoms with van der Waals surface area (Å²) in [5.74, 6) is 0.149. The number of hydrogen-bond donors (Lipinski definition) is 0. The molecule has 1 amide bonds. The van der Waals surface area contributed by atoms with Crippen molar-refractivity contribution in [2.24, 2.45) is 0 Å². The second kappa shape index (κ2) is 5.60. The maximum Gasteiger partial charge on any atom is 0.227 e. The van der Waals surface area contributed by atoms with Crippen LogP contribution < -0.4 is 0 Å². The molecule has 0 unspecified atom stereocenters. The van der Waals surface area contributed by atoms with Gasteiger partial charge in [-0.1, -0.05) is 30.3 Å². The molecule has 3 nitrogen and oxygen atoms in total. The predicted octanol–water partition coefficient (Wildman–Crippen LogP) is 4.00. The molecule has 1 aromatic heterocycles. The zero-order valence-corrected chi connectivity index (χ0v) is 12.4. The van der Waals surface area contributed by atoms with Gasteiger partial charge in [0.05, 0.1) is 12.7 Å². The Bertz CT molecular complexity index is 784. The van der Waals surface area contributed by atoms with Gasteiger partial charge in [-0.3, -0.25) is 4.79 Å². The Kier molecular flexibility index (Phi) is 3.65. The number of carbonyl (C=O) groups is 1. The van der Waals surface area contributed by atoms with Crippen molar-refractivity contribution >= 4 is 27.6 Å². The highest BCUT2D eigenvalue weighted by molar-refractivity contribution is 6.08. The quantitative estimate of drug-likeness (QED) is 0.724. The first-order valence-electron chi connectivity index (χ1n) is 7.40. The Balaban J connectivity index is 2.07. The van der Waals surface area contributed by atoms with Crippen molar-refractivity contribution in [1.29, 1.82) is 0 Å². The summed E-state index contributed by atoms with van der Waals surface area (Å²) < 4.78 is 5.63. The fourth-order valence-electron chi connectivity index (χ4n) is 2.86. The van der Waals surface area contributed by atoms with E-state index in [4.69, 9.17) is 4.42 Å². The third kappa shape index (κ3) is 2.40. The molecule has 3 heteroatoms. The van der Waals surface area contributed by atoms with E-state index in [0.29, 0.717) is 6.42 Å². The number of furan rings is 1. The van der Waals surface area contributed by atoms with Gasteiger partial charge in [-0.15, -0.1) is 0 Å². The average molecular weight is 281 g/mol. The van der Waals surface area contributed by atoms with Gasteiger partial charge in [0.15, 0.2) is 0 Å². The van der Waals surface area contributed by atoms with E-state index in [9.17, 15) is 4.79 Å². The van der Waals surface area contributed by atoms with Gasteiger partial charge in [-0.2, -0.15) is 0 Å². The lowest BCUT2D eigenvalue weighted by atomic mass is 10.0. The summed E-state index contributed by atoms with van der Waals surface area (Å²) in [4.78, 5) is 14.2. The minimum Gasteiger partial charge on any atom is -0.464 e. The van der Waals surface area contributed by atoms with Crippen LogP contribution in [0.1, 0.15) is 19.4 Å². The van der Waals surface area contributed by atoms with Crippen molar-refractivity contribution in [2.45, 2.75) is 20.3 Å². The van der Waals surface area contributed by atoms with E-state index in [2.05, 4.69) is 18.2 Å². The summed E-state index contributed by atoms with van der Waals surface area (Å²) in [5.41, 5.74) is 1.81. The highest BCUT2D eigenvalue weighted by Gasteiger charge is 2.16. The Morgan fingerprint density at radius 1 is 1.10 bits per heavy atom. The first kappa shape index (κ1) is 13.7. The molecule has 108 valence electrons. The van der Waals surface area contributed by atoms with Crippen LogP contribution in [0.3, 0.4) is 0 Å². The Labute approximate surface area is 124 Å². The van der Waals surface area contributed by atoms with Crippen molar-refractivity contribution in [3.8, 4) is 0 Å². The molecule has 0 saturated carbocycles. The number of benzene rings is 2. The maximum atomic E-state index is 12.3. The largest absolute Gasteiger partial charge is 0.464 e. The third-order valence-electron chi connectivity index (χ3n) is 4.00. The lowest BCUT2D eigenvalue weighted by Gasteiger charge is -2.18. The van der Waals surface area contributed by atoms with Crippen LogP contribution in [0.5, 0.6) is 0 Å². The number of nitrogens with zero attached hydrogens (tertiary/aromatic N) is 1. The van der Waals surface area contributed by atoms with Crippen molar-refractivity contribution in [1.82, 2.24) is 4.90 Å². The smallest absolute Gasteiger partial charge is 0.227 e. The van der Waals surface area contributed by atoms with E-state index < -0.39 is 0 Å². The van der Waals surface area contributed by atoms with Crippen molar-refractivity contribution < 1.29 is 9.21 Å². The van der Waals surface area contributed by atoms with Crippen LogP contribution in [0.2, 0.25) is 0 Å². The molecule has 1 heterocycles. The summed E-state index contributed by atoms with van der Waals surface area (Å²) >= 11 is 0. The molecule has 0 fully saturated rings. The van der Waals surface area contributed by atoms with E-state index in [1.165, 1.54) is 5.39 Å². The van der Waals surface area contributed by atoms with Crippen LogP contribution in [0.4, 0.5) is 0 Å². The molecule has 3 aromatic rings. The van der Waals surface area contributed by atoms with Crippen molar-refractivity contribution in [2.75, 3.05) is 13.1 Å². The van der Waals surface area contributed by atoms with Gasteiger partial charge in [-0.25, -0.2) is 0 Å². The van der Waals surface area contributed by atoms with Gasteiger partial charge in [0.25, 0.3) is 0 Å². The highest BCUT2D eigenvalue weighted by Crippen LogP contribution is 2.30. The second-order valence-electron chi connectivity index (χ2n) is 5.16. The number of hydrogen-bond acceptors (Lipinski definition) is 2. The summed E-state index contributed by atoms with van der Waals surface area (Å²) in [7, 11) is 0. The van der Waals surface area contributed by atoms with E-state index in [1.807, 2.05) is 36.9 Å². The van der Waals surface area contributed by atoms with Crippen LogP contribution in [-0.2, 0) is 11.2 Å². The first-order chi connectivity index (χ1) is 10.2. The third-order valence-corrected chi connectivity index (χ3v) is 4.00. The van der Waals surface area contributed by atoms with E-state index >= 15 is 0 Å². The fourth-order valence-corrected chi connectivity index (χ4v) is 2.86. The number of likely N-dealkylation sites (N-methyl/N-ethyl adjacent to an activating group) is 1. The zero-order valence-electron chi connectivity index (χ0n) is 12.4. The topological polar surface area (TPSA) is 33.5 Å². The van der Waals surface area contributed by atoms with Gasteiger partial charge in [0.1, 0.15) is 5.58 Å². The van der Waals surface area contributed by atoms with E-state index in [1.54, 1.807) is 6.26 Å². The van der Waals surface area contributed by atoms with Gasteiger partial charge < -0.3 is 9.32 Å². The van der Waals surface area contributed by atoms with Gasteiger partial charge in [0.2, 0.25) is 5.91 Å². The molecule has 0 aliphatic carbocycles. The molecule has 2 aromatic carbocycles. The fraction of sp³-hybridized carbons (Fsp3) is 0.278. The van der Waals surface area contributed by atoms with Crippen LogP contribution in [0.25, 0.3) is 21.7 Å². The molecule has 0 N–H and O–H groups in total. The number of fused-ring (bicyclic) bond motifs is 3. The molecule has 0 spiro atoms. The van der Waals surface area contributed by atoms with E-state index in [0.717, 1.165) is 35.0 Å². The Hall–Kier alpha value is -2.29.